The van der Waals surface area contributed by atoms with E-state index in [2.05, 4.69) is 10.6 Å². The van der Waals surface area contributed by atoms with Crippen LogP contribution in [0.25, 0.3) is 0 Å². The van der Waals surface area contributed by atoms with Gasteiger partial charge in [0.1, 0.15) is 17.7 Å². The fourth-order valence-corrected chi connectivity index (χ4v) is 1.92. The maximum Gasteiger partial charge on any atom is 0.326 e. The third-order valence-electron chi connectivity index (χ3n) is 2.33. The van der Waals surface area contributed by atoms with Crippen molar-refractivity contribution in [2.45, 2.75) is 12.5 Å². The molecular weight excluding hydrogens is 290 g/mol. The summed E-state index contributed by atoms with van der Waals surface area (Å²) >= 11 is 1.45. The molecule has 110 valence electrons. The molecule has 0 radical (unpaired) electrons. The predicted molar refractivity (Wildman–Crippen MR) is 72.9 cm³/mol. The number of hydrogen-bond acceptors (Lipinski definition) is 3. The van der Waals surface area contributed by atoms with E-state index in [0.29, 0.717) is 11.8 Å². The van der Waals surface area contributed by atoms with Crippen LogP contribution in [0.15, 0.2) is 18.2 Å². The summed E-state index contributed by atoms with van der Waals surface area (Å²) in [6, 6.07) is 0.645. The second-order valence-electron chi connectivity index (χ2n) is 3.93. The lowest BCUT2D eigenvalue weighted by Gasteiger charge is -2.14. The molecule has 0 heterocycles. The van der Waals surface area contributed by atoms with Crippen molar-refractivity contribution in [3.8, 4) is 0 Å². The Bertz CT molecular complexity index is 479. The molecule has 2 amide bonds. The third-order valence-corrected chi connectivity index (χ3v) is 2.98. The number of hydrogen-bond donors (Lipinski definition) is 3. The van der Waals surface area contributed by atoms with Crippen LogP contribution >= 0.6 is 11.8 Å². The first-order valence-electron chi connectivity index (χ1n) is 5.67. The number of carboxylic acid groups (broad SMARTS) is 1. The van der Waals surface area contributed by atoms with Gasteiger partial charge in [-0.3, -0.25) is 0 Å². The minimum atomic E-state index is -1.17. The number of thioether (sulfide) groups is 1. The summed E-state index contributed by atoms with van der Waals surface area (Å²) in [5, 5.41) is 13.3. The highest BCUT2D eigenvalue weighted by Gasteiger charge is 2.19. The maximum atomic E-state index is 12.9. The molecular formula is C12H14F2N2O3S. The second kappa shape index (κ2) is 7.68. The van der Waals surface area contributed by atoms with E-state index in [1.807, 2.05) is 6.26 Å². The summed E-state index contributed by atoms with van der Waals surface area (Å²) in [5.74, 6) is -2.28. The van der Waals surface area contributed by atoms with Gasteiger partial charge in [-0.15, -0.1) is 0 Å². The molecule has 0 aromatic heterocycles. The third kappa shape index (κ3) is 5.43. The molecule has 3 N–H and O–H groups in total. The molecule has 0 fully saturated rings. The minimum absolute atomic E-state index is 0.0889. The molecule has 1 unspecified atom stereocenters. The van der Waals surface area contributed by atoms with Crippen LogP contribution in [0.1, 0.15) is 6.42 Å². The van der Waals surface area contributed by atoms with Crippen molar-refractivity contribution >= 4 is 29.4 Å². The first-order valence-corrected chi connectivity index (χ1v) is 7.07. The molecule has 0 spiro atoms. The molecule has 1 aromatic rings. The van der Waals surface area contributed by atoms with E-state index < -0.39 is 29.7 Å². The van der Waals surface area contributed by atoms with Gasteiger partial charge in [0, 0.05) is 11.8 Å². The lowest BCUT2D eigenvalue weighted by Crippen LogP contribution is -2.43. The van der Waals surface area contributed by atoms with E-state index in [1.54, 1.807) is 0 Å². The van der Waals surface area contributed by atoms with Crippen LogP contribution in [-0.4, -0.2) is 35.2 Å². The van der Waals surface area contributed by atoms with Crippen molar-refractivity contribution in [1.82, 2.24) is 5.32 Å². The van der Waals surface area contributed by atoms with Crippen LogP contribution in [0.2, 0.25) is 0 Å². The van der Waals surface area contributed by atoms with Gasteiger partial charge in [-0.2, -0.15) is 11.8 Å². The fraction of sp³-hybridized carbons (Fsp3) is 0.333. The van der Waals surface area contributed by atoms with Gasteiger partial charge >= 0.3 is 12.0 Å². The van der Waals surface area contributed by atoms with Crippen molar-refractivity contribution in [3.63, 3.8) is 0 Å². The Labute approximate surface area is 118 Å². The molecule has 8 heteroatoms. The number of aliphatic carboxylic acids is 1. The Hall–Kier alpha value is -1.83. The van der Waals surface area contributed by atoms with Gasteiger partial charge in [-0.05, 0) is 30.6 Å². The van der Waals surface area contributed by atoms with E-state index in [4.69, 9.17) is 5.11 Å². The number of carbonyl (C=O) groups is 2. The van der Waals surface area contributed by atoms with E-state index in [0.717, 1.165) is 12.1 Å². The predicted octanol–water partition coefficient (Wildman–Crippen LogP) is 2.29. The van der Waals surface area contributed by atoms with E-state index in [-0.39, 0.29) is 12.1 Å². The monoisotopic (exact) mass is 304 g/mol. The number of carboxylic acids is 1. The highest BCUT2D eigenvalue weighted by molar-refractivity contribution is 7.98. The number of benzene rings is 1. The summed E-state index contributed by atoms with van der Waals surface area (Å²) in [7, 11) is 0. The Balaban J connectivity index is 2.63. The summed E-state index contributed by atoms with van der Waals surface area (Å²) in [6.45, 7) is 0. The Morgan fingerprint density at radius 2 is 1.90 bits per heavy atom. The van der Waals surface area contributed by atoms with Gasteiger partial charge in [0.25, 0.3) is 0 Å². The minimum Gasteiger partial charge on any atom is -0.480 e. The van der Waals surface area contributed by atoms with Crippen LogP contribution < -0.4 is 10.6 Å². The lowest BCUT2D eigenvalue weighted by atomic mass is 10.2. The molecule has 5 nitrogen and oxygen atoms in total. The summed E-state index contributed by atoms with van der Waals surface area (Å²) in [6.07, 6.45) is 2.07. The van der Waals surface area contributed by atoms with Crippen molar-refractivity contribution in [2.75, 3.05) is 17.3 Å². The van der Waals surface area contributed by atoms with Crippen LogP contribution in [-0.2, 0) is 4.79 Å². The van der Waals surface area contributed by atoms with Gasteiger partial charge in [-0.1, -0.05) is 0 Å². The van der Waals surface area contributed by atoms with Gasteiger partial charge in [0.2, 0.25) is 0 Å². The molecule has 0 aliphatic rings. The molecule has 0 aliphatic heterocycles. The molecule has 0 bridgehead atoms. The summed E-state index contributed by atoms with van der Waals surface area (Å²) in [5.41, 5.74) is -0.0889. The molecule has 20 heavy (non-hydrogen) atoms. The van der Waals surface area contributed by atoms with E-state index in [9.17, 15) is 18.4 Å². The number of carbonyl (C=O) groups excluding carboxylic acids is 1. The topological polar surface area (TPSA) is 78.4 Å². The molecule has 1 atom stereocenters. The fourth-order valence-electron chi connectivity index (χ4n) is 1.44. The van der Waals surface area contributed by atoms with Crippen molar-refractivity contribution in [1.29, 1.82) is 0 Å². The summed E-state index contributed by atoms with van der Waals surface area (Å²) < 4.78 is 25.9. The Kier molecular flexibility index (Phi) is 6.23. The number of rotatable bonds is 6. The SMILES string of the molecule is CSCCC(NC(=O)Nc1cc(F)cc(F)c1)C(=O)O. The zero-order valence-electron chi connectivity index (χ0n) is 10.7. The summed E-state index contributed by atoms with van der Waals surface area (Å²) in [4.78, 5) is 22.5. The Morgan fingerprint density at radius 3 is 2.40 bits per heavy atom. The zero-order chi connectivity index (χ0) is 15.1. The van der Waals surface area contributed by atoms with E-state index in [1.165, 1.54) is 11.8 Å². The van der Waals surface area contributed by atoms with Crippen LogP contribution in [0.5, 0.6) is 0 Å². The lowest BCUT2D eigenvalue weighted by molar-refractivity contribution is -0.139. The smallest absolute Gasteiger partial charge is 0.326 e. The number of halogens is 2. The van der Waals surface area contributed by atoms with Crippen molar-refractivity contribution < 1.29 is 23.5 Å². The Morgan fingerprint density at radius 1 is 1.30 bits per heavy atom. The van der Waals surface area contributed by atoms with Gasteiger partial charge in [0.05, 0.1) is 0 Å². The van der Waals surface area contributed by atoms with Gasteiger partial charge in [0.15, 0.2) is 0 Å². The van der Waals surface area contributed by atoms with E-state index >= 15 is 0 Å². The average molecular weight is 304 g/mol. The number of amides is 2. The van der Waals surface area contributed by atoms with Crippen molar-refractivity contribution in [2.24, 2.45) is 0 Å². The van der Waals surface area contributed by atoms with Crippen LogP contribution in [0, 0.1) is 11.6 Å². The van der Waals surface area contributed by atoms with Gasteiger partial charge < -0.3 is 15.7 Å². The second-order valence-corrected chi connectivity index (χ2v) is 4.91. The van der Waals surface area contributed by atoms with Crippen molar-refractivity contribution in [3.05, 3.63) is 29.8 Å². The first-order chi connectivity index (χ1) is 9.42. The zero-order valence-corrected chi connectivity index (χ0v) is 11.5. The average Bonchev–Trinajstić information content (AvgIpc) is 2.32. The molecule has 1 aromatic carbocycles. The molecule has 1 rings (SSSR count). The first kappa shape index (κ1) is 16.2. The largest absolute Gasteiger partial charge is 0.480 e. The number of urea groups is 1. The van der Waals surface area contributed by atoms with Crippen LogP contribution in [0.4, 0.5) is 19.3 Å². The molecule has 0 saturated heterocycles. The molecule has 0 saturated carbocycles. The normalized spacial score (nSPS) is 11.8. The van der Waals surface area contributed by atoms with Crippen LogP contribution in [0.3, 0.4) is 0 Å². The number of anilines is 1. The molecule has 0 aliphatic carbocycles. The number of nitrogens with one attached hydrogen (secondary N) is 2. The quantitative estimate of drug-likeness (QED) is 0.753. The standard InChI is InChI=1S/C12H14F2N2O3S/c1-20-3-2-10(11(17)18)16-12(19)15-9-5-7(13)4-8(14)6-9/h4-6,10H,2-3H2,1H3,(H,17,18)(H2,15,16,19). The van der Waals surface area contributed by atoms with Gasteiger partial charge in [-0.25, -0.2) is 18.4 Å². The highest BCUT2D eigenvalue weighted by atomic mass is 32.2. The maximum absolute atomic E-state index is 12.9. The highest BCUT2D eigenvalue weighted by Crippen LogP contribution is 2.12.